The molecule has 3 rings (SSSR count). The van der Waals surface area contributed by atoms with Gasteiger partial charge in [-0.2, -0.15) is 0 Å². The van der Waals surface area contributed by atoms with Crippen LogP contribution in [0.3, 0.4) is 0 Å². The summed E-state index contributed by atoms with van der Waals surface area (Å²) in [6.45, 7) is 3.70. The molecule has 24 heavy (non-hydrogen) atoms. The van der Waals surface area contributed by atoms with Crippen LogP contribution in [0.4, 0.5) is 0 Å². The molecule has 0 fully saturated rings. The summed E-state index contributed by atoms with van der Waals surface area (Å²) in [6.07, 6.45) is 1.20. The van der Waals surface area contributed by atoms with Gasteiger partial charge in [-0.05, 0) is 31.0 Å². The van der Waals surface area contributed by atoms with E-state index in [4.69, 9.17) is 0 Å². The van der Waals surface area contributed by atoms with Gasteiger partial charge in [-0.15, -0.1) is 0 Å². The number of sulfonamides is 1. The van der Waals surface area contributed by atoms with Crippen LogP contribution in [-0.2, 0) is 16.6 Å². The van der Waals surface area contributed by atoms with Crippen molar-refractivity contribution in [3.8, 4) is 0 Å². The number of aryl methyl sites for hydroxylation is 2. The zero-order chi connectivity index (χ0) is 17.3. The molecule has 0 bridgehead atoms. The number of benzene rings is 1. The van der Waals surface area contributed by atoms with Crippen molar-refractivity contribution in [2.75, 3.05) is 0 Å². The second-order valence-electron chi connectivity index (χ2n) is 5.60. The van der Waals surface area contributed by atoms with Gasteiger partial charge >= 0.3 is 0 Å². The predicted molar refractivity (Wildman–Crippen MR) is 92.3 cm³/mol. The van der Waals surface area contributed by atoms with E-state index in [9.17, 15) is 13.2 Å². The Morgan fingerprint density at radius 2 is 1.88 bits per heavy atom. The van der Waals surface area contributed by atoms with Gasteiger partial charge in [0.2, 0.25) is 15.5 Å². The number of pyridine rings is 2. The molecule has 0 saturated heterocycles. The molecule has 0 aliphatic rings. The lowest BCUT2D eigenvalue weighted by Gasteiger charge is -2.08. The molecule has 0 spiro atoms. The monoisotopic (exact) mass is 343 g/mol. The Labute approximate surface area is 139 Å². The second-order valence-corrected chi connectivity index (χ2v) is 7.33. The normalized spacial score (nSPS) is 11.8. The van der Waals surface area contributed by atoms with Crippen molar-refractivity contribution >= 4 is 21.1 Å². The van der Waals surface area contributed by atoms with Gasteiger partial charge in [0.05, 0.1) is 5.39 Å². The maximum atomic E-state index is 12.6. The molecule has 2 heterocycles. The standard InChI is InChI=1S/C17H17N3O3S/c1-11-8-12(2)20-17-15(11)16(21)14(10-18-17)24(22,23)19-9-13-6-4-3-5-7-13/h3-8,10,19H,9H2,1-2H3,(H,18,20,21). The fourth-order valence-corrected chi connectivity index (χ4v) is 3.67. The Hall–Kier alpha value is -2.51. The lowest BCUT2D eigenvalue weighted by atomic mass is 10.1. The average molecular weight is 343 g/mol. The molecule has 124 valence electrons. The molecular formula is C17H17N3O3S. The second kappa shape index (κ2) is 6.18. The summed E-state index contributed by atoms with van der Waals surface area (Å²) >= 11 is 0. The predicted octanol–water partition coefficient (Wildman–Crippen LogP) is 2.02. The van der Waals surface area contributed by atoms with Crippen LogP contribution in [0.25, 0.3) is 11.0 Å². The number of aromatic nitrogens is 2. The maximum Gasteiger partial charge on any atom is 0.246 e. The molecule has 2 aromatic heterocycles. The zero-order valence-corrected chi connectivity index (χ0v) is 14.1. The van der Waals surface area contributed by atoms with Gasteiger partial charge in [-0.25, -0.2) is 18.1 Å². The summed E-state index contributed by atoms with van der Waals surface area (Å²) in [7, 11) is -3.93. The molecule has 0 radical (unpaired) electrons. The molecule has 0 aliphatic heterocycles. The van der Waals surface area contributed by atoms with E-state index in [0.717, 1.165) is 11.3 Å². The van der Waals surface area contributed by atoms with E-state index in [1.54, 1.807) is 13.0 Å². The molecule has 1 aromatic carbocycles. The van der Waals surface area contributed by atoms with Crippen LogP contribution in [0.1, 0.15) is 16.8 Å². The number of nitrogens with zero attached hydrogens (tertiary/aromatic N) is 1. The first-order valence-corrected chi connectivity index (χ1v) is 8.90. The van der Waals surface area contributed by atoms with Crippen LogP contribution in [0.5, 0.6) is 0 Å². The number of H-pyrrole nitrogens is 1. The lowest BCUT2D eigenvalue weighted by molar-refractivity contribution is 0.580. The number of rotatable bonds is 4. The van der Waals surface area contributed by atoms with Crippen LogP contribution in [-0.4, -0.2) is 18.4 Å². The molecule has 0 unspecified atom stereocenters. The molecular weight excluding hydrogens is 326 g/mol. The van der Waals surface area contributed by atoms with Crippen LogP contribution < -0.4 is 10.2 Å². The highest BCUT2D eigenvalue weighted by Crippen LogP contribution is 2.14. The van der Waals surface area contributed by atoms with Gasteiger partial charge in [0, 0.05) is 18.4 Å². The Kier molecular flexibility index (Phi) is 4.21. The minimum atomic E-state index is -3.93. The van der Waals surface area contributed by atoms with E-state index in [1.165, 1.54) is 6.20 Å². The summed E-state index contributed by atoms with van der Waals surface area (Å²) in [5.74, 6) is 0. The van der Waals surface area contributed by atoms with Crippen LogP contribution in [0.15, 0.2) is 52.3 Å². The number of nitrogens with one attached hydrogen (secondary N) is 2. The summed E-state index contributed by atoms with van der Waals surface area (Å²) in [6, 6.07) is 10.9. The SMILES string of the molecule is Cc1cc(C)c2c(=O)c(S(=O)(=O)NCc3ccccc3)c[nH]c2n1. The largest absolute Gasteiger partial charge is 0.345 e. The maximum absolute atomic E-state index is 12.6. The van der Waals surface area contributed by atoms with Crippen LogP contribution >= 0.6 is 0 Å². The van der Waals surface area contributed by atoms with Crippen molar-refractivity contribution in [3.63, 3.8) is 0 Å². The third-order valence-electron chi connectivity index (χ3n) is 3.73. The Morgan fingerprint density at radius 1 is 1.17 bits per heavy atom. The smallest absolute Gasteiger partial charge is 0.246 e. The van der Waals surface area contributed by atoms with Crippen molar-refractivity contribution < 1.29 is 8.42 Å². The molecule has 0 atom stereocenters. The molecule has 6 nitrogen and oxygen atoms in total. The minimum absolute atomic E-state index is 0.117. The fourth-order valence-electron chi connectivity index (χ4n) is 2.60. The van der Waals surface area contributed by atoms with Gasteiger partial charge in [-0.1, -0.05) is 30.3 Å². The first kappa shape index (κ1) is 16.4. The third-order valence-corrected chi connectivity index (χ3v) is 5.14. The summed E-state index contributed by atoms with van der Waals surface area (Å²) in [5, 5.41) is 0.295. The highest BCUT2D eigenvalue weighted by Gasteiger charge is 2.20. The van der Waals surface area contributed by atoms with Crippen molar-refractivity contribution in [2.45, 2.75) is 25.3 Å². The summed E-state index contributed by atoms with van der Waals surface area (Å²) in [4.78, 5) is 19.4. The van der Waals surface area contributed by atoms with Gasteiger partial charge < -0.3 is 4.98 Å². The minimum Gasteiger partial charge on any atom is -0.345 e. The lowest BCUT2D eigenvalue weighted by Crippen LogP contribution is -2.28. The Morgan fingerprint density at radius 3 is 2.58 bits per heavy atom. The quantitative estimate of drug-likeness (QED) is 0.758. The Balaban J connectivity index is 2.02. The van der Waals surface area contributed by atoms with E-state index < -0.39 is 15.5 Å². The molecule has 2 N–H and O–H groups in total. The number of hydrogen-bond donors (Lipinski definition) is 2. The van der Waals surface area contributed by atoms with E-state index >= 15 is 0 Å². The summed E-state index contributed by atoms with van der Waals surface area (Å²) < 4.78 is 27.5. The average Bonchev–Trinajstić information content (AvgIpc) is 2.53. The fraction of sp³-hybridized carbons (Fsp3) is 0.176. The third kappa shape index (κ3) is 3.08. The van der Waals surface area contributed by atoms with Crippen molar-refractivity contribution in [1.82, 2.24) is 14.7 Å². The summed E-state index contributed by atoms with van der Waals surface area (Å²) in [5.41, 5.74) is 2.10. The Bertz CT molecular complexity index is 1060. The number of fused-ring (bicyclic) bond motifs is 1. The number of hydrogen-bond acceptors (Lipinski definition) is 4. The van der Waals surface area contributed by atoms with Gasteiger partial charge in [0.1, 0.15) is 10.5 Å². The molecule has 3 aromatic rings. The van der Waals surface area contributed by atoms with E-state index in [2.05, 4.69) is 14.7 Å². The molecule has 0 aliphatic carbocycles. The molecule has 0 amide bonds. The topological polar surface area (TPSA) is 91.9 Å². The number of aromatic amines is 1. The highest BCUT2D eigenvalue weighted by atomic mass is 32.2. The molecule has 7 heteroatoms. The van der Waals surface area contributed by atoms with E-state index in [0.29, 0.717) is 16.6 Å². The van der Waals surface area contributed by atoms with Gasteiger partial charge in [0.15, 0.2) is 0 Å². The first-order chi connectivity index (χ1) is 11.4. The van der Waals surface area contributed by atoms with Crippen molar-refractivity contribution in [1.29, 1.82) is 0 Å². The highest BCUT2D eigenvalue weighted by molar-refractivity contribution is 7.89. The first-order valence-electron chi connectivity index (χ1n) is 7.42. The van der Waals surface area contributed by atoms with Crippen molar-refractivity contribution in [3.05, 3.63) is 69.6 Å². The van der Waals surface area contributed by atoms with Gasteiger partial charge in [-0.3, -0.25) is 4.79 Å². The molecule has 0 saturated carbocycles. The van der Waals surface area contributed by atoms with Crippen LogP contribution in [0, 0.1) is 13.8 Å². The zero-order valence-electron chi connectivity index (χ0n) is 13.3. The van der Waals surface area contributed by atoms with Gasteiger partial charge in [0.25, 0.3) is 0 Å². The van der Waals surface area contributed by atoms with E-state index in [-0.39, 0.29) is 11.4 Å². The van der Waals surface area contributed by atoms with Crippen molar-refractivity contribution in [2.24, 2.45) is 0 Å². The van der Waals surface area contributed by atoms with E-state index in [1.807, 2.05) is 37.3 Å². The van der Waals surface area contributed by atoms with Crippen LogP contribution in [0.2, 0.25) is 0 Å².